The molecule has 2 aromatic rings. The molecule has 1 heterocycles. The molecule has 0 radical (unpaired) electrons. The van der Waals surface area contributed by atoms with Crippen molar-refractivity contribution < 1.29 is 30.4 Å². The summed E-state index contributed by atoms with van der Waals surface area (Å²) in [5.74, 6) is -0.233. The molecule has 0 amide bonds. The number of benzene rings is 2. The first kappa shape index (κ1) is 19.8. The molecule has 1 atom stereocenters. The molecule has 0 saturated heterocycles. The van der Waals surface area contributed by atoms with Gasteiger partial charge in [-0.05, 0) is 18.2 Å². The monoisotopic (exact) mass is 439 g/mol. The molecule has 3 rings (SSSR count). The Hall–Kier alpha value is -1.99. The van der Waals surface area contributed by atoms with E-state index in [0.29, 0.717) is 0 Å². The fraction of sp³-hybridized carbons (Fsp3) is 0.143. The molecule has 0 aromatic heterocycles. The van der Waals surface area contributed by atoms with Gasteiger partial charge in [0, 0.05) is 5.56 Å². The van der Waals surface area contributed by atoms with Crippen LogP contribution in [0.2, 0.25) is 5.02 Å². The van der Waals surface area contributed by atoms with E-state index in [0.717, 1.165) is 12.1 Å². The molecule has 27 heavy (non-hydrogen) atoms. The zero-order valence-electron chi connectivity index (χ0n) is 13.2. The molecule has 1 aliphatic rings. The topological polar surface area (TPSA) is 128 Å². The molecule has 4 N–H and O–H groups in total. The number of hydrogen-bond donors (Lipinski definition) is 3. The van der Waals surface area contributed by atoms with Crippen molar-refractivity contribution in [3.8, 4) is 5.75 Å². The summed E-state index contributed by atoms with van der Waals surface area (Å²) in [6.07, 6.45) is -1.16. The molecule has 0 unspecified atom stereocenters. The zero-order chi connectivity index (χ0) is 20.0. The smallest absolute Gasteiger partial charge is 0.387 e. The Labute approximate surface area is 158 Å². The first-order valence-corrected chi connectivity index (χ1v) is 10.6. The lowest BCUT2D eigenvalue weighted by atomic mass is 10.1. The fourth-order valence-corrected chi connectivity index (χ4v) is 5.03. The first-order valence-electron chi connectivity index (χ1n) is 7.18. The number of ether oxygens (including phenoxy) is 1. The number of para-hydroxylation sites is 1. The fourth-order valence-electron chi connectivity index (χ4n) is 2.56. The number of primary sulfonamides is 1. The highest BCUT2D eigenvalue weighted by Gasteiger charge is 2.33. The van der Waals surface area contributed by atoms with Gasteiger partial charge in [-0.15, -0.1) is 0 Å². The van der Waals surface area contributed by atoms with Crippen LogP contribution in [0.3, 0.4) is 0 Å². The molecular formula is C14H12ClF2N3O5S2. The van der Waals surface area contributed by atoms with E-state index < -0.39 is 42.6 Å². The molecule has 0 saturated carbocycles. The number of hydrogen-bond acceptors (Lipinski definition) is 6. The van der Waals surface area contributed by atoms with E-state index in [4.69, 9.17) is 16.7 Å². The number of halogens is 3. The Morgan fingerprint density at radius 2 is 1.89 bits per heavy atom. The summed E-state index contributed by atoms with van der Waals surface area (Å²) >= 11 is 5.89. The van der Waals surface area contributed by atoms with Crippen LogP contribution in [0, 0.1) is 0 Å². The molecule has 0 spiro atoms. The molecule has 0 bridgehead atoms. The zero-order valence-corrected chi connectivity index (χ0v) is 15.6. The van der Waals surface area contributed by atoms with Crippen molar-refractivity contribution in [3.63, 3.8) is 0 Å². The van der Waals surface area contributed by atoms with Gasteiger partial charge in [-0.2, -0.15) is 13.5 Å². The van der Waals surface area contributed by atoms with Crippen molar-refractivity contribution in [2.75, 3.05) is 5.32 Å². The lowest BCUT2D eigenvalue weighted by Gasteiger charge is -2.29. The van der Waals surface area contributed by atoms with Gasteiger partial charge >= 0.3 is 6.61 Å². The van der Waals surface area contributed by atoms with Gasteiger partial charge in [-0.1, -0.05) is 29.8 Å². The minimum atomic E-state index is -4.26. The maximum Gasteiger partial charge on any atom is 0.387 e. The summed E-state index contributed by atoms with van der Waals surface area (Å²) in [6.45, 7) is -3.11. The van der Waals surface area contributed by atoms with Crippen LogP contribution in [-0.4, -0.2) is 23.4 Å². The van der Waals surface area contributed by atoms with Crippen LogP contribution in [0.1, 0.15) is 11.7 Å². The second-order valence-corrected chi connectivity index (χ2v) is 9.06. The largest absolute Gasteiger partial charge is 0.434 e. The lowest BCUT2D eigenvalue weighted by Crippen LogP contribution is -2.38. The normalized spacial score (nSPS) is 18.6. The standard InChI is InChI=1S/C14H12ClF2N3O5S2/c15-8-5-9-12(6-11(8)26(18,21)22)27(23,24)20-13(19-9)7-3-1-2-4-10(7)25-14(16)17/h1-6,13-14,19-20H,(H2,18,21,22)/t13-/m1/s1. The van der Waals surface area contributed by atoms with Crippen LogP contribution in [0.5, 0.6) is 5.75 Å². The van der Waals surface area contributed by atoms with E-state index in [9.17, 15) is 25.6 Å². The second kappa shape index (κ2) is 6.87. The van der Waals surface area contributed by atoms with Gasteiger partial charge < -0.3 is 10.1 Å². The van der Waals surface area contributed by atoms with E-state index in [2.05, 4.69) is 14.8 Å². The Bertz CT molecular complexity index is 1110. The molecule has 0 fully saturated rings. The summed E-state index contributed by atoms with van der Waals surface area (Å²) in [6, 6.07) is 7.50. The third kappa shape index (κ3) is 3.99. The molecule has 0 aliphatic carbocycles. The van der Waals surface area contributed by atoms with Crippen molar-refractivity contribution in [3.05, 3.63) is 47.0 Å². The van der Waals surface area contributed by atoms with Gasteiger partial charge in [-0.25, -0.2) is 22.0 Å². The van der Waals surface area contributed by atoms with Gasteiger partial charge in [0.15, 0.2) is 0 Å². The minimum Gasteiger partial charge on any atom is -0.434 e. The van der Waals surface area contributed by atoms with E-state index >= 15 is 0 Å². The quantitative estimate of drug-likeness (QED) is 0.668. The van der Waals surface area contributed by atoms with Gasteiger partial charge in [0.1, 0.15) is 21.7 Å². The van der Waals surface area contributed by atoms with Crippen LogP contribution in [0.4, 0.5) is 14.5 Å². The maximum absolute atomic E-state index is 12.6. The third-order valence-electron chi connectivity index (χ3n) is 3.65. The summed E-state index contributed by atoms with van der Waals surface area (Å²) in [5.41, 5.74) is 0.0710. The van der Waals surface area contributed by atoms with Crippen molar-refractivity contribution in [1.29, 1.82) is 0 Å². The molecule has 8 nitrogen and oxygen atoms in total. The molecule has 1 aliphatic heterocycles. The number of rotatable bonds is 4. The Kier molecular flexibility index (Phi) is 5.03. The number of nitrogens with two attached hydrogens (primary N) is 1. The first-order chi connectivity index (χ1) is 12.5. The van der Waals surface area contributed by atoms with Crippen LogP contribution >= 0.6 is 11.6 Å². The molecule has 13 heteroatoms. The predicted octanol–water partition coefficient (Wildman–Crippen LogP) is 1.99. The highest BCUT2D eigenvalue weighted by Crippen LogP contribution is 2.38. The SMILES string of the molecule is NS(=O)(=O)c1cc2c(cc1Cl)N[C@@H](c1ccccc1OC(F)F)NS2(=O)=O. The highest BCUT2D eigenvalue weighted by molar-refractivity contribution is 7.90. The number of nitrogens with one attached hydrogen (secondary N) is 2. The molecule has 146 valence electrons. The summed E-state index contributed by atoms with van der Waals surface area (Å²) in [4.78, 5) is -0.964. The Balaban J connectivity index is 2.10. The summed E-state index contributed by atoms with van der Waals surface area (Å²) < 4.78 is 80.1. The van der Waals surface area contributed by atoms with E-state index in [1.807, 2.05) is 0 Å². The van der Waals surface area contributed by atoms with Crippen LogP contribution < -0.4 is 19.9 Å². The van der Waals surface area contributed by atoms with Crippen LogP contribution in [-0.2, 0) is 20.0 Å². The van der Waals surface area contributed by atoms with E-state index in [-0.39, 0.29) is 22.0 Å². The van der Waals surface area contributed by atoms with Gasteiger partial charge in [0.2, 0.25) is 20.0 Å². The van der Waals surface area contributed by atoms with E-state index in [1.54, 1.807) is 0 Å². The summed E-state index contributed by atoms with van der Waals surface area (Å²) in [7, 11) is -8.48. The average Bonchev–Trinajstić information content (AvgIpc) is 2.52. The highest BCUT2D eigenvalue weighted by atomic mass is 35.5. The van der Waals surface area contributed by atoms with Crippen LogP contribution in [0.25, 0.3) is 0 Å². The number of anilines is 1. The minimum absolute atomic E-state index is 0.0250. The molecular weight excluding hydrogens is 428 g/mol. The van der Waals surface area contributed by atoms with Crippen molar-refractivity contribution in [2.24, 2.45) is 5.14 Å². The Morgan fingerprint density at radius 1 is 1.22 bits per heavy atom. The maximum atomic E-state index is 12.6. The summed E-state index contributed by atoms with van der Waals surface area (Å²) in [5, 5.41) is 7.50. The van der Waals surface area contributed by atoms with Gasteiger partial charge in [0.25, 0.3) is 0 Å². The van der Waals surface area contributed by atoms with E-state index in [1.165, 1.54) is 24.3 Å². The van der Waals surface area contributed by atoms with Crippen LogP contribution in [0.15, 0.2) is 46.2 Å². The third-order valence-corrected chi connectivity index (χ3v) is 6.49. The second-order valence-electron chi connectivity index (χ2n) is 5.44. The number of sulfonamides is 2. The predicted molar refractivity (Wildman–Crippen MR) is 92.6 cm³/mol. The number of fused-ring (bicyclic) bond motifs is 1. The van der Waals surface area contributed by atoms with Crippen molar-refractivity contribution in [1.82, 2.24) is 4.72 Å². The average molecular weight is 440 g/mol. The van der Waals surface area contributed by atoms with Crippen molar-refractivity contribution in [2.45, 2.75) is 22.6 Å². The van der Waals surface area contributed by atoms with Gasteiger partial charge in [-0.3, -0.25) is 0 Å². The Morgan fingerprint density at radius 3 is 2.52 bits per heavy atom. The van der Waals surface area contributed by atoms with Crippen molar-refractivity contribution >= 4 is 37.3 Å². The van der Waals surface area contributed by atoms with Gasteiger partial charge in [0.05, 0.1) is 10.7 Å². The number of alkyl halides is 2. The molecule has 2 aromatic carbocycles. The lowest BCUT2D eigenvalue weighted by molar-refractivity contribution is -0.0506.